The smallest absolute Gasteiger partial charge is 0.280 e. The van der Waals surface area contributed by atoms with E-state index >= 15 is 4.39 Å². The van der Waals surface area contributed by atoms with Gasteiger partial charge >= 0.3 is 0 Å². The second-order valence-corrected chi connectivity index (χ2v) is 12.9. The van der Waals surface area contributed by atoms with E-state index in [0.717, 1.165) is 17.6 Å². The summed E-state index contributed by atoms with van der Waals surface area (Å²) >= 11 is 6.97. The lowest BCUT2D eigenvalue weighted by atomic mass is 10.0. The van der Waals surface area contributed by atoms with Crippen LogP contribution in [0.4, 0.5) is 4.39 Å². The van der Waals surface area contributed by atoms with Crippen LogP contribution in [0.5, 0.6) is 0 Å². The van der Waals surface area contributed by atoms with Crippen molar-refractivity contribution >= 4 is 49.9 Å². The average Bonchev–Trinajstić information content (AvgIpc) is 3.68. The zero-order valence-electron chi connectivity index (χ0n) is 20.8. The maximum absolute atomic E-state index is 15.1. The van der Waals surface area contributed by atoms with Gasteiger partial charge in [-0.2, -0.15) is 9.40 Å². The number of aromatic amines is 1. The molecule has 1 saturated heterocycles. The number of thiazole rings is 1. The van der Waals surface area contributed by atoms with Gasteiger partial charge in [0.2, 0.25) is 10.0 Å². The van der Waals surface area contributed by atoms with Gasteiger partial charge in [-0.15, -0.1) is 0 Å². The molecular weight excluding hydrogens is 581 g/mol. The molecular formula is C24H21ClFN9O3S2. The number of pyridine rings is 1. The van der Waals surface area contributed by atoms with Crippen molar-refractivity contribution in [2.24, 2.45) is 0 Å². The van der Waals surface area contributed by atoms with Gasteiger partial charge in [0.1, 0.15) is 33.5 Å². The van der Waals surface area contributed by atoms with Crippen molar-refractivity contribution in [3.63, 3.8) is 0 Å². The summed E-state index contributed by atoms with van der Waals surface area (Å²) in [5, 5.41) is 9.72. The molecule has 1 amide bonds. The molecule has 4 aromatic heterocycles. The largest absolute Gasteiger partial charge is 0.346 e. The zero-order valence-corrected chi connectivity index (χ0v) is 23.2. The van der Waals surface area contributed by atoms with Gasteiger partial charge in [-0.25, -0.2) is 27.8 Å². The molecule has 12 nitrogen and oxygen atoms in total. The fraction of sp³-hybridized carbons (Fsp3) is 0.250. The van der Waals surface area contributed by atoms with Crippen LogP contribution in [-0.4, -0.2) is 78.7 Å². The number of nitrogens with zero attached hydrogens (tertiary/aromatic N) is 7. The lowest BCUT2D eigenvalue weighted by molar-refractivity contribution is 0.0910. The number of fused-ring (bicyclic) bond motifs is 1. The van der Waals surface area contributed by atoms with Gasteiger partial charge in [0, 0.05) is 19.1 Å². The van der Waals surface area contributed by atoms with Gasteiger partial charge in [-0.1, -0.05) is 35.1 Å². The lowest BCUT2D eigenvalue weighted by Gasteiger charge is -2.38. The van der Waals surface area contributed by atoms with Crippen LogP contribution in [0.2, 0.25) is 4.34 Å². The highest BCUT2D eigenvalue weighted by molar-refractivity contribution is 7.88. The third kappa shape index (κ3) is 5.08. The summed E-state index contributed by atoms with van der Waals surface area (Å²) in [6.07, 6.45) is 5.74. The molecule has 6 rings (SSSR count). The van der Waals surface area contributed by atoms with Crippen molar-refractivity contribution in [1.29, 1.82) is 0 Å². The van der Waals surface area contributed by atoms with Crippen LogP contribution in [0.1, 0.15) is 22.3 Å². The molecule has 0 saturated carbocycles. The van der Waals surface area contributed by atoms with Crippen molar-refractivity contribution in [2.75, 3.05) is 19.3 Å². The molecule has 40 heavy (non-hydrogen) atoms. The van der Waals surface area contributed by atoms with Crippen LogP contribution in [0.25, 0.3) is 33.9 Å². The fourth-order valence-electron chi connectivity index (χ4n) is 4.86. The molecule has 206 valence electrons. The van der Waals surface area contributed by atoms with E-state index in [4.69, 9.17) is 16.6 Å². The number of hydrogen-bond acceptors (Lipinski definition) is 9. The molecule has 5 heterocycles. The summed E-state index contributed by atoms with van der Waals surface area (Å²) in [5.74, 6) is -0.209. The number of amides is 1. The summed E-state index contributed by atoms with van der Waals surface area (Å²) < 4.78 is 44.1. The number of carbonyl (C=O) groups is 1. The quantitative estimate of drug-likeness (QED) is 0.301. The predicted molar refractivity (Wildman–Crippen MR) is 147 cm³/mol. The van der Waals surface area contributed by atoms with Crippen molar-refractivity contribution < 1.29 is 17.6 Å². The number of benzene rings is 1. The van der Waals surface area contributed by atoms with Crippen LogP contribution in [0.15, 0.2) is 49.1 Å². The van der Waals surface area contributed by atoms with E-state index in [9.17, 15) is 13.2 Å². The minimum atomic E-state index is -3.66. The average molecular weight is 602 g/mol. The number of aromatic nitrogens is 7. The molecule has 2 N–H and O–H groups in total. The maximum atomic E-state index is 15.1. The number of nitrogens with one attached hydrogen (secondary N) is 2. The Bertz CT molecular complexity index is 1820. The van der Waals surface area contributed by atoms with Crippen molar-refractivity contribution in [1.82, 2.24) is 44.3 Å². The van der Waals surface area contributed by atoms with Crippen LogP contribution in [-0.2, 0) is 10.0 Å². The Balaban J connectivity index is 1.47. The van der Waals surface area contributed by atoms with Gasteiger partial charge < -0.3 is 9.88 Å². The van der Waals surface area contributed by atoms with Gasteiger partial charge in [-0.05, 0) is 24.6 Å². The van der Waals surface area contributed by atoms with E-state index in [1.807, 2.05) is 4.57 Å². The molecule has 1 aliphatic rings. The Morgan fingerprint density at radius 2 is 2.02 bits per heavy atom. The molecule has 1 aromatic carbocycles. The molecule has 0 aliphatic carbocycles. The molecule has 0 bridgehead atoms. The first-order chi connectivity index (χ1) is 19.2. The molecule has 0 unspecified atom stereocenters. The Kier molecular flexibility index (Phi) is 6.82. The van der Waals surface area contributed by atoms with Crippen molar-refractivity contribution in [3.05, 3.63) is 64.2 Å². The van der Waals surface area contributed by atoms with Gasteiger partial charge in [0.25, 0.3) is 5.91 Å². The molecule has 2 atom stereocenters. The topological polar surface area (TPSA) is 152 Å². The number of H-pyrrole nitrogens is 1. The van der Waals surface area contributed by atoms with Crippen molar-refractivity contribution in [2.45, 2.75) is 18.5 Å². The minimum Gasteiger partial charge on any atom is -0.346 e. The highest BCUT2D eigenvalue weighted by Crippen LogP contribution is 2.35. The number of imidazole rings is 1. The summed E-state index contributed by atoms with van der Waals surface area (Å²) in [6, 6.07) is 6.87. The summed E-state index contributed by atoms with van der Waals surface area (Å²) in [5.41, 5.74) is 1.80. The van der Waals surface area contributed by atoms with E-state index in [1.165, 1.54) is 22.9 Å². The SMILES string of the molecule is CS(=O)(=O)N1C[C@@H](NC(=O)c2ncc(Cl)s2)C[C@@H](n2c(-c3ccccc3F)nc3cnc(-c4ncn[nH]4)cc32)C1. The first-order valence-electron chi connectivity index (χ1n) is 12.0. The standard InChI is InChI=1S/C24H21ClFN9O3S2/c1-40(37,38)34-10-13(31-23(36)24-28-9-20(25)39-24)6-14(11-34)35-19-7-17(21-29-12-30-33-21)27-8-18(19)32-22(35)15-4-2-3-5-16(15)26/h2-5,7-9,12-14H,6,10-11H2,1H3,(H,31,36)(H,29,30,33)/t13-,14+/m0/s1. The first-order valence-corrected chi connectivity index (χ1v) is 15.1. The third-order valence-electron chi connectivity index (χ3n) is 6.58. The molecule has 1 aliphatic heterocycles. The van der Waals surface area contributed by atoms with Crippen LogP contribution < -0.4 is 5.32 Å². The van der Waals surface area contributed by atoms with Gasteiger partial charge in [-0.3, -0.25) is 14.9 Å². The number of rotatable bonds is 6. The van der Waals surface area contributed by atoms with E-state index < -0.39 is 33.8 Å². The Hall–Kier alpha value is -3.79. The normalized spacial score (nSPS) is 18.3. The second kappa shape index (κ2) is 10.3. The van der Waals surface area contributed by atoms with Crippen LogP contribution in [0.3, 0.4) is 0 Å². The van der Waals surface area contributed by atoms with Crippen LogP contribution in [0, 0.1) is 5.82 Å². The van der Waals surface area contributed by atoms with E-state index in [0.29, 0.717) is 39.1 Å². The molecule has 0 radical (unpaired) electrons. The number of carbonyl (C=O) groups excluding carboxylic acids is 1. The number of hydrogen-bond donors (Lipinski definition) is 2. The molecule has 5 aromatic rings. The summed E-state index contributed by atoms with van der Waals surface area (Å²) in [6.45, 7) is 0.147. The van der Waals surface area contributed by atoms with E-state index in [1.54, 1.807) is 30.5 Å². The number of piperidine rings is 1. The number of sulfonamides is 1. The van der Waals surface area contributed by atoms with Gasteiger partial charge in [0.05, 0.1) is 35.8 Å². The second-order valence-electron chi connectivity index (χ2n) is 9.29. The summed E-state index contributed by atoms with van der Waals surface area (Å²) in [4.78, 5) is 30.2. The zero-order chi connectivity index (χ0) is 28.0. The monoisotopic (exact) mass is 601 g/mol. The summed E-state index contributed by atoms with van der Waals surface area (Å²) in [7, 11) is -3.66. The Labute approximate surface area is 236 Å². The fourth-order valence-corrected chi connectivity index (χ4v) is 6.57. The van der Waals surface area contributed by atoms with E-state index in [-0.39, 0.29) is 23.7 Å². The molecule has 16 heteroatoms. The number of halogens is 2. The molecule has 1 fully saturated rings. The van der Waals surface area contributed by atoms with Gasteiger partial charge in [0.15, 0.2) is 10.8 Å². The highest BCUT2D eigenvalue weighted by Gasteiger charge is 2.36. The lowest BCUT2D eigenvalue weighted by Crippen LogP contribution is -2.52. The predicted octanol–water partition coefficient (Wildman–Crippen LogP) is 3.14. The maximum Gasteiger partial charge on any atom is 0.280 e. The van der Waals surface area contributed by atoms with Crippen molar-refractivity contribution in [3.8, 4) is 22.9 Å². The Morgan fingerprint density at radius 3 is 2.73 bits per heavy atom. The molecule has 0 spiro atoms. The Morgan fingerprint density at radius 1 is 1.20 bits per heavy atom. The van der Waals surface area contributed by atoms with E-state index in [2.05, 4.69) is 30.5 Å². The first kappa shape index (κ1) is 26.4. The highest BCUT2D eigenvalue weighted by atomic mass is 35.5. The third-order valence-corrected chi connectivity index (χ3v) is 8.93. The minimum absolute atomic E-state index is 0.0622. The van der Waals surface area contributed by atoms with Crippen LogP contribution >= 0.6 is 22.9 Å².